The van der Waals surface area contributed by atoms with E-state index in [-0.39, 0.29) is 0 Å². The van der Waals surface area contributed by atoms with Crippen LogP contribution in [0.2, 0.25) is 0 Å². The second kappa shape index (κ2) is 12.5. The molecule has 2 aliphatic rings. The summed E-state index contributed by atoms with van der Waals surface area (Å²) in [6.07, 6.45) is 0. The Balaban J connectivity index is 1.06. The summed E-state index contributed by atoms with van der Waals surface area (Å²) in [5, 5.41) is 2.51. The highest BCUT2D eigenvalue weighted by Gasteiger charge is 2.51. The molecule has 0 saturated heterocycles. The summed E-state index contributed by atoms with van der Waals surface area (Å²) in [5.74, 6) is 1.81. The summed E-state index contributed by atoms with van der Waals surface area (Å²) in [4.78, 5) is 2.38. The van der Waals surface area contributed by atoms with E-state index < -0.39 is 5.41 Å². The standard InChI is InChI=1S/C53H35NO/c1-3-15-36(16-4-1)41-32-33-42(44-20-8-7-19-43(41)44)37-27-29-39(30-28-37)54(38-17-5-2-6-18-38)40-31-34-48-46(35-40)45-21-9-10-22-47(45)53(48)49-23-11-13-25-51(49)55-52-26-14-12-24-50(52)53/h1-35H. The van der Waals surface area contributed by atoms with Gasteiger partial charge >= 0.3 is 0 Å². The highest BCUT2D eigenvalue weighted by Crippen LogP contribution is 2.62. The van der Waals surface area contributed by atoms with E-state index in [9.17, 15) is 0 Å². The number of benzene rings is 9. The first kappa shape index (κ1) is 31.4. The van der Waals surface area contributed by atoms with E-state index >= 15 is 0 Å². The van der Waals surface area contributed by atoms with Gasteiger partial charge in [-0.25, -0.2) is 0 Å². The lowest BCUT2D eigenvalue weighted by molar-refractivity contribution is 0.436. The quantitative estimate of drug-likeness (QED) is 0.177. The molecule has 2 nitrogen and oxygen atoms in total. The summed E-state index contributed by atoms with van der Waals surface area (Å²) < 4.78 is 6.55. The third-order valence-electron chi connectivity index (χ3n) is 11.5. The lowest BCUT2D eigenvalue weighted by Crippen LogP contribution is -2.32. The Kier molecular flexibility index (Phi) is 7.11. The molecule has 9 aromatic rings. The van der Waals surface area contributed by atoms with E-state index in [4.69, 9.17) is 4.74 Å². The van der Waals surface area contributed by atoms with Gasteiger partial charge in [-0.15, -0.1) is 0 Å². The third kappa shape index (κ3) is 4.75. The van der Waals surface area contributed by atoms with Crippen LogP contribution in [-0.2, 0) is 5.41 Å². The minimum Gasteiger partial charge on any atom is -0.457 e. The maximum absolute atomic E-state index is 6.55. The van der Waals surface area contributed by atoms with E-state index in [1.54, 1.807) is 0 Å². The number of para-hydroxylation sites is 3. The van der Waals surface area contributed by atoms with Crippen LogP contribution in [0.5, 0.6) is 11.5 Å². The average molecular weight is 702 g/mol. The first-order chi connectivity index (χ1) is 27.3. The first-order valence-electron chi connectivity index (χ1n) is 18.9. The smallest absolute Gasteiger partial charge is 0.132 e. The highest BCUT2D eigenvalue weighted by molar-refractivity contribution is 6.05. The Morgan fingerprint density at radius 1 is 0.309 bits per heavy atom. The van der Waals surface area contributed by atoms with Crippen LogP contribution < -0.4 is 9.64 Å². The number of ether oxygens (including phenoxy) is 1. The van der Waals surface area contributed by atoms with Crippen LogP contribution in [0.1, 0.15) is 22.3 Å². The van der Waals surface area contributed by atoms with Gasteiger partial charge in [0.1, 0.15) is 11.5 Å². The molecule has 55 heavy (non-hydrogen) atoms. The predicted molar refractivity (Wildman–Crippen MR) is 227 cm³/mol. The minimum atomic E-state index is -0.492. The molecule has 1 spiro atoms. The van der Waals surface area contributed by atoms with Gasteiger partial charge < -0.3 is 9.64 Å². The van der Waals surface area contributed by atoms with Crippen molar-refractivity contribution in [1.82, 2.24) is 0 Å². The summed E-state index contributed by atoms with van der Waals surface area (Å²) in [6, 6.07) is 76.7. The molecule has 0 radical (unpaired) electrons. The predicted octanol–water partition coefficient (Wildman–Crippen LogP) is 14.1. The molecule has 0 saturated carbocycles. The van der Waals surface area contributed by atoms with Gasteiger partial charge in [-0.05, 0) is 104 Å². The Hall–Kier alpha value is -7.16. The molecule has 258 valence electrons. The number of nitrogens with zero attached hydrogens (tertiary/aromatic N) is 1. The lowest BCUT2D eigenvalue weighted by atomic mass is 9.66. The van der Waals surface area contributed by atoms with E-state index in [2.05, 4.69) is 217 Å². The molecule has 0 atom stereocenters. The number of hydrogen-bond acceptors (Lipinski definition) is 2. The summed E-state index contributed by atoms with van der Waals surface area (Å²) >= 11 is 0. The van der Waals surface area contributed by atoms with Crippen LogP contribution >= 0.6 is 0 Å². The molecule has 0 bridgehead atoms. The molecule has 1 aliphatic carbocycles. The number of hydrogen-bond donors (Lipinski definition) is 0. The van der Waals surface area contributed by atoms with Crippen LogP contribution in [-0.4, -0.2) is 0 Å². The normalized spacial score (nSPS) is 13.0. The SMILES string of the molecule is c1ccc(-c2ccc(-c3ccc(N(c4ccccc4)c4ccc5c(c4)-c4ccccc4C54c5ccccc5Oc5ccccc54)cc3)c3ccccc23)cc1. The van der Waals surface area contributed by atoms with Gasteiger partial charge in [0.25, 0.3) is 0 Å². The fourth-order valence-corrected chi connectivity index (χ4v) is 9.22. The van der Waals surface area contributed by atoms with Crippen molar-refractivity contribution in [3.05, 3.63) is 235 Å². The molecule has 11 rings (SSSR count). The zero-order valence-electron chi connectivity index (χ0n) is 30.1. The maximum Gasteiger partial charge on any atom is 0.132 e. The summed E-state index contributed by atoms with van der Waals surface area (Å²) in [6.45, 7) is 0. The second-order valence-corrected chi connectivity index (χ2v) is 14.4. The van der Waals surface area contributed by atoms with Crippen LogP contribution in [0.15, 0.2) is 212 Å². The average Bonchev–Trinajstić information content (AvgIpc) is 3.54. The van der Waals surface area contributed by atoms with Crippen molar-refractivity contribution in [2.45, 2.75) is 5.41 Å². The second-order valence-electron chi connectivity index (χ2n) is 14.4. The van der Waals surface area contributed by atoms with E-state index in [1.165, 1.54) is 66.4 Å². The van der Waals surface area contributed by atoms with Gasteiger partial charge in [0, 0.05) is 28.2 Å². The van der Waals surface area contributed by atoms with Gasteiger partial charge in [-0.3, -0.25) is 0 Å². The molecule has 2 heteroatoms. The van der Waals surface area contributed by atoms with Crippen molar-refractivity contribution >= 4 is 27.8 Å². The van der Waals surface area contributed by atoms with Crippen molar-refractivity contribution < 1.29 is 4.74 Å². The van der Waals surface area contributed by atoms with Gasteiger partial charge in [0.05, 0.1) is 5.41 Å². The molecule has 0 fully saturated rings. The monoisotopic (exact) mass is 701 g/mol. The molecule has 0 N–H and O–H groups in total. The van der Waals surface area contributed by atoms with E-state index in [1.807, 2.05) is 0 Å². The lowest BCUT2D eigenvalue weighted by Gasteiger charge is -2.39. The number of rotatable bonds is 5. The van der Waals surface area contributed by atoms with Crippen LogP contribution in [0.3, 0.4) is 0 Å². The molecular formula is C53H35NO. The Bertz CT molecular complexity index is 2850. The van der Waals surface area contributed by atoms with Gasteiger partial charge in [0.15, 0.2) is 0 Å². The van der Waals surface area contributed by atoms with Crippen LogP contribution in [0.4, 0.5) is 17.1 Å². The van der Waals surface area contributed by atoms with Crippen LogP contribution in [0.25, 0.3) is 44.2 Å². The molecule has 0 amide bonds. The van der Waals surface area contributed by atoms with Crippen molar-refractivity contribution in [3.63, 3.8) is 0 Å². The van der Waals surface area contributed by atoms with Gasteiger partial charge in [-0.1, -0.05) is 164 Å². The zero-order valence-corrected chi connectivity index (χ0v) is 30.1. The van der Waals surface area contributed by atoms with E-state index in [0.29, 0.717) is 0 Å². The summed E-state index contributed by atoms with van der Waals surface area (Å²) in [7, 11) is 0. The molecular weight excluding hydrogens is 667 g/mol. The van der Waals surface area contributed by atoms with Crippen molar-refractivity contribution in [2.75, 3.05) is 4.90 Å². The van der Waals surface area contributed by atoms with E-state index in [0.717, 1.165) is 28.6 Å². The van der Waals surface area contributed by atoms with Crippen molar-refractivity contribution in [3.8, 4) is 44.9 Å². The Morgan fingerprint density at radius 2 is 0.782 bits per heavy atom. The number of fused-ring (bicyclic) bond motifs is 10. The highest BCUT2D eigenvalue weighted by atomic mass is 16.5. The molecule has 0 unspecified atom stereocenters. The van der Waals surface area contributed by atoms with Crippen molar-refractivity contribution in [1.29, 1.82) is 0 Å². The zero-order chi connectivity index (χ0) is 36.3. The topological polar surface area (TPSA) is 12.5 Å². The Labute approximate surface area is 321 Å². The van der Waals surface area contributed by atoms with Crippen LogP contribution in [0, 0.1) is 0 Å². The summed E-state index contributed by atoms with van der Waals surface area (Å²) in [5.41, 5.74) is 15.1. The van der Waals surface area contributed by atoms with Gasteiger partial charge in [0.2, 0.25) is 0 Å². The van der Waals surface area contributed by atoms with Crippen molar-refractivity contribution in [2.24, 2.45) is 0 Å². The Morgan fingerprint density at radius 3 is 1.44 bits per heavy atom. The first-order valence-corrected chi connectivity index (χ1v) is 18.9. The number of anilines is 3. The molecule has 0 aromatic heterocycles. The fraction of sp³-hybridized carbons (Fsp3) is 0.0189. The molecule has 1 aliphatic heterocycles. The largest absolute Gasteiger partial charge is 0.457 e. The third-order valence-corrected chi connectivity index (χ3v) is 11.5. The minimum absolute atomic E-state index is 0.492. The molecule has 9 aromatic carbocycles. The molecule has 1 heterocycles. The van der Waals surface area contributed by atoms with Gasteiger partial charge in [-0.2, -0.15) is 0 Å². The fourth-order valence-electron chi connectivity index (χ4n) is 9.22. The maximum atomic E-state index is 6.55.